The first-order valence-electron chi connectivity index (χ1n) is 13.7. The number of carbonyl (C=O) groups excluding carboxylic acids is 3. The molecule has 0 bridgehead atoms. The Labute approximate surface area is 241 Å². The summed E-state index contributed by atoms with van der Waals surface area (Å²) >= 11 is 0. The lowest BCUT2D eigenvalue weighted by Crippen LogP contribution is -2.44. The van der Waals surface area contributed by atoms with Gasteiger partial charge < -0.3 is 14.2 Å². The monoisotopic (exact) mass is 577 g/mol. The van der Waals surface area contributed by atoms with Gasteiger partial charge in [-0.25, -0.2) is 14.4 Å². The third-order valence-corrected chi connectivity index (χ3v) is 7.49. The highest BCUT2D eigenvalue weighted by Crippen LogP contribution is 2.44. The molecule has 13 heteroatoms. The van der Waals surface area contributed by atoms with E-state index >= 15 is 4.39 Å². The first-order chi connectivity index (χ1) is 20.0. The maximum absolute atomic E-state index is 15.8. The number of hydrogen-bond donors (Lipinski definition) is 0. The van der Waals surface area contributed by atoms with Crippen molar-refractivity contribution in [2.75, 3.05) is 38.2 Å². The molecular formula is C29H32FN7O5. The van der Waals surface area contributed by atoms with Crippen LogP contribution in [0.2, 0.25) is 0 Å². The highest BCUT2D eigenvalue weighted by molar-refractivity contribution is 6.23. The Kier molecular flexibility index (Phi) is 7.85. The van der Waals surface area contributed by atoms with Crippen LogP contribution in [0.15, 0.2) is 33.5 Å². The summed E-state index contributed by atoms with van der Waals surface area (Å²) in [4.78, 5) is 61.3. The highest BCUT2D eigenvalue weighted by Gasteiger charge is 2.35. The zero-order valence-corrected chi connectivity index (χ0v) is 24.2. The van der Waals surface area contributed by atoms with E-state index < -0.39 is 34.5 Å². The number of methoxy groups -OCH3 is 1. The van der Waals surface area contributed by atoms with Gasteiger partial charge in [0.25, 0.3) is 5.95 Å². The first-order valence-corrected chi connectivity index (χ1v) is 13.7. The van der Waals surface area contributed by atoms with Crippen LogP contribution in [0.1, 0.15) is 54.5 Å². The molecule has 2 aliphatic rings. The second-order valence-electron chi connectivity index (χ2n) is 10.7. The Morgan fingerprint density at radius 1 is 1.02 bits per heavy atom. The van der Waals surface area contributed by atoms with Crippen LogP contribution >= 0.6 is 0 Å². The molecule has 2 aromatic heterocycles. The molecule has 42 heavy (non-hydrogen) atoms. The van der Waals surface area contributed by atoms with Crippen LogP contribution in [-0.4, -0.2) is 70.2 Å². The Bertz CT molecular complexity index is 1660. The zero-order chi connectivity index (χ0) is 30.3. The van der Waals surface area contributed by atoms with E-state index in [0.29, 0.717) is 31.7 Å². The second-order valence-corrected chi connectivity index (χ2v) is 10.7. The molecule has 2 fully saturated rings. The van der Waals surface area contributed by atoms with Gasteiger partial charge in [-0.2, -0.15) is 0 Å². The molecule has 0 N–H and O–H groups in total. The summed E-state index contributed by atoms with van der Waals surface area (Å²) < 4.78 is 23.3. The molecular weight excluding hydrogens is 545 g/mol. The van der Waals surface area contributed by atoms with E-state index in [4.69, 9.17) is 4.74 Å². The van der Waals surface area contributed by atoms with Crippen molar-refractivity contribution in [3.63, 3.8) is 0 Å². The average Bonchev–Trinajstić information content (AvgIpc) is 3.77. The normalized spacial score (nSPS) is 15.6. The molecule has 1 aliphatic carbocycles. The summed E-state index contributed by atoms with van der Waals surface area (Å²) in [5.74, 6) is -3.99. The van der Waals surface area contributed by atoms with Crippen LogP contribution in [0.4, 0.5) is 16.0 Å². The van der Waals surface area contributed by atoms with Gasteiger partial charge in [0.15, 0.2) is 22.8 Å². The molecule has 0 spiro atoms. The maximum Gasteiger partial charge on any atom is 0.271 e. The number of pyridine rings is 1. The molecule has 220 valence electrons. The Morgan fingerprint density at radius 3 is 2.19 bits per heavy atom. The molecule has 1 aliphatic heterocycles. The average molecular weight is 578 g/mol. The van der Waals surface area contributed by atoms with Crippen LogP contribution in [-0.2, 0) is 9.59 Å². The summed E-state index contributed by atoms with van der Waals surface area (Å²) in [5.41, 5.74) is 1.09. The number of benzene rings is 1. The summed E-state index contributed by atoms with van der Waals surface area (Å²) in [6.07, 6.45) is 2.97. The summed E-state index contributed by atoms with van der Waals surface area (Å²) in [6.45, 7) is 7.66. The highest BCUT2D eigenvalue weighted by atomic mass is 19.1. The van der Waals surface area contributed by atoms with Gasteiger partial charge in [-0.1, -0.05) is 10.3 Å². The minimum atomic E-state index is -1.58. The predicted molar refractivity (Wildman–Crippen MR) is 152 cm³/mol. The number of aromatic nitrogens is 3. The molecule has 1 saturated carbocycles. The third-order valence-electron chi connectivity index (χ3n) is 7.49. The molecule has 1 saturated heterocycles. The second kappa shape index (κ2) is 11.4. The number of nitrogens with zero attached hydrogens (tertiary/aromatic N) is 7. The molecule has 0 atom stereocenters. The Balaban J connectivity index is 1.50. The molecule has 0 amide bonds. The van der Waals surface area contributed by atoms with Gasteiger partial charge >= 0.3 is 0 Å². The maximum atomic E-state index is 15.8. The van der Waals surface area contributed by atoms with Crippen LogP contribution in [0.25, 0.3) is 10.9 Å². The van der Waals surface area contributed by atoms with Gasteiger partial charge in [0.2, 0.25) is 0 Å². The number of aryl methyl sites for hydroxylation is 2. The van der Waals surface area contributed by atoms with E-state index in [1.807, 2.05) is 24.8 Å². The Morgan fingerprint density at radius 2 is 1.64 bits per heavy atom. The number of rotatable bonds is 9. The van der Waals surface area contributed by atoms with E-state index in [2.05, 4.69) is 20.3 Å². The minimum absolute atomic E-state index is 0.0373. The third kappa shape index (κ3) is 5.50. The number of ketones is 3. The number of Topliss-reactive ketones (excluding diaryl/α,β-unsaturated/α-hetero) is 3. The molecule has 12 nitrogen and oxygen atoms in total. The van der Waals surface area contributed by atoms with Crippen molar-refractivity contribution < 1.29 is 23.5 Å². The van der Waals surface area contributed by atoms with Gasteiger partial charge in [-0.05, 0) is 52.7 Å². The Hall–Kier alpha value is -4.55. The fraction of sp³-hybridized carbons (Fsp3) is 0.448. The lowest BCUT2D eigenvalue weighted by molar-refractivity contribution is -0.128. The number of carbonyl (C=O) groups is 3. The van der Waals surface area contributed by atoms with E-state index in [1.165, 1.54) is 13.3 Å². The van der Waals surface area contributed by atoms with Crippen LogP contribution in [0.3, 0.4) is 0 Å². The number of halogens is 1. The summed E-state index contributed by atoms with van der Waals surface area (Å²) in [6, 6.07) is 2.93. The quantitative estimate of drug-likeness (QED) is 0.212. The molecule has 0 unspecified atom stereocenters. The summed E-state index contributed by atoms with van der Waals surface area (Å²) in [5, 5.41) is 10.1. The number of ether oxygens (including phenoxy) is 1. The van der Waals surface area contributed by atoms with Crippen molar-refractivity contribution in [1.29, 1.82) is 0 Å². The molecule has 0 radical (unpaired) electrons. The van der Waals surface area contributed by atoms with Crippen molar-refractivity contribution in [3.8, 4) is 5.75 Å². The van der Waals surface area contributed by atoms with Gasteiger partial charge in [0.1, 0.15) is 23.2 Å². The number of piperazine rings is 1. The lowest BCUT2D eigenvalue weighted by Gasteiger charge is -2.35. The standard InChI is InChI=1S/C29H32FN7O5/c1-15-12-16(2)32-29(31-15)33-34-36-10-8-35(9-11-36)25-22(30)13-20-24(28(25)42-5)37(19-6-7-19)14-21(26(20)40)27(41)23(17(3)38)18(4)39/h12-14,19,23H,6-11H2,1-5H3/b34-33+. The summed E-state index contributed by atoms with van der Waals surface area (Å²) in [7, 11) is 1.41. The van der Waals surface area contributed by atoms with E-state index in [1.54, 1.807) is 9.58 Å². The van der Waals surface area contributed by atoms with Crippen LogP contribution in [0.5, 0.6) is 5.75 Å². The molecule has 5 rings (SSSR count). The van der Waals surface area contributed by atoms with Crippen molar-refractivity contribution in [2.24, 2.45) is 16.3 Å². The van der Waals surface area contributed by atoms with E-state index in [-0.39, 0.29) is 34.4 Å². The number of hydrogen-bond acceptors (Lipinski definition) is 10. The number of anilines is 1. The molecule has 3 heterocycles. The van der Waals surface area contributed by atoms with Crippen LogP contribution < -0.4 is 15.1 Å². The molecule has 1 aromatic carbocycles. The fourth-order valence-corrected chi connectivity index (χ4v) is 5.42. The topological polar surface area (TPSA) is 139 Å². The van der Waals surface area contributed by atoms with E-state index in [0.717, 1.165) is 44.1 Å². The fourth-order valence-electron chi connectivity index (χ4n) is 5.42. The van der Waals surface area contributed by atoms with Crippen molar-refractivity contribution >= 4 is 39.9 Å². The predicted octanol–water partition coefficient (Wildman–Crippen LogP) is 3.69. The number of fused-ring (bicyclic) bond motifs is 1. The van der Waals surface area contributed by atoms with Gasteiger partial charge in [0.05, 0.1) is 36.7 Å². The molecule has 3 aromatic rings. The van der Waals surface area contributed by atoms with Gasteiger partial charge in [0, 0.05) is 36.7 Å². The van der Waals surface area contributed by atoms with Gasteiger partial charge in [-0.15, -0.1) is 0 Å². The van der Waals surface area contributed by atoms with Crippen molar-refractivity contribution in [3.05, 3.63) is 51.3 Å². The van der Waals surface area contributed by atoms with Crippen molar-refractivity contribution in [2.45, 2.75) is 46.6 Å². The zero-order valence-electron chi connectivity index (χ0n) is 24.2. The SMILES string of the molecule is COc1c(N2CCN(/N=N/c3nc(C)cc(C)n3)CC2)c(F)cc2c(=O)c(C(=O)C(C(C)=O)C(C)=O)cn(C3CC3)c12. The smallest absolute Gasteiger partial charge is 0.271 e. The minimum Gasteiger partial charge on any atom is -0.492 e. The van der Waals surface area contributed by atoms with Crippen molar-refractivity contribution in [1.82, 2.24) is 19.5 Å². The first kappa shape index (κ1) is 29.0. The van der Waals surface area contributed by atoms with Crippen LogP contribution in [0, 0.1) is 25.6 Å². The van der Waals surface area contributed by atoms with E-state index in [9.17, 15) is 19.2 Å². The largest absolute Gasteiger partial charge is 0.492 e. The van der Waals surface area contributed by atoms with Gasteiger partial charge in [-0.3, -0.25) is 24.2 Å². The lowest BCUT2D eigenvalue weighted by atomic mass is 9.91.